The van der Waals surface area contributed by atoms with Crippen LogP contribution in [0.4, 0.5) is 4.39 Å². The molecule has 0 bridgehead atoms. The van der Waals surface area contributed by atoms with E-state index in [-0.39, 0.29) is 17.7 Å². The van der Waals surface area contributed by atoms with Gasteiger partial charge in [0.1, 0.15) is 11.3 Å². The highest BCUT2D eigenvalue weighted by molar-refractivity contribution is 7.88. The third-order valence-electron chi connectivity index (χ3n) is 6.97. The van der Waals surface area contributed by atoms with E-state index in [1.807, 2.05) is 13.0 Å². The lowest BCUT2D eigenvalue weighted by Gasteiger charge is -2.40. The van der Waals surface area contributed by atoms with Crippen LogP contribution in [0.1, 0.15) is 50.1 Å². The fourth-order valence-electron chi connectivity index (χ4n) is 5.12. The van der Waals surface area contributed by atoms with Crippen molar-refractivity contribution in [3.63, 3.8) is 0 Å². The van der Waals surface area contributed by atoms with Crippen molar-refractivity contribution in [1.82, 2.24) is 29.1 Å². The molecule has 2 fully saturated rings. The van der Waals surface area contributed by atoms with Gasteiger partial charge in [0.05, 0.1) is 11.9 Å². The first-order valence-corrected chi connectivity index (χ1v) is 13.4. The minimum absolute atomic E-state index is 0.149. The summed E-state index contributed by atoms with van der Waals surface area (Å²) in [6, 6.07) is 5.37. The van der Waals surface area contributed by atoms with Gasteiger partial charge in [-0.2, -0.15) is 14.8 Å². The van der Waals surface area contributed by atoms with Crippen LogP contribution in [0.2, 0.25) is 0 Å². The van der Waals surface area contributed by atoms with Crippen molar-refractivity contribution in [3.8, 4) is 5.95 Å². The Labute approximate surface area is 192 Å². The Morgan fingerprint density at radius 3 is 2.52 bits per heavy atom. The highest BCUT2D eigenvalue weighted by Gasteiger charge is 2.32. The van der Waals surface area contributed by atoms with E-state index in [1.54, 1.807) is 10.4 Å². The molecule has 2 saturated heterocycles. The highest BCUT2D eigenvalue weighted by Crippen LogP contribution is 2.31. The third kappa shape index (κ3) is 4.29. The van der Waals surface area contributed by atoms with Crippen molar-refractivity contribution in [1.29, 1.82) is 0 Å². The van der Waals surface area contributed by atoms with Crippen molar-refractivity contribution in [2.24, 2.45) is 0 Å². The second kappa shape index (κ2) is 8.77. The molecule has 178 valence electrons. The standard InChI is InChI=1S/C22H29FN6O3S/c1-3-19-17-5-4-6-18(23)20(17)29(25-19)22-24-21(32-26-22)15-7-11-27(12-8-15)16-9-13-28(14-10-16)33(2,30)31/h4-6,15-16H,3,7-14H2,1-2H3. The number of nitrogens with zero attached hydrogens (tertiary/aromatic N) is 6. The van der Waals surface area contributed by atoms with Crippen LogP contribution in [-0.2, 0) is 16.4 Å². The Morgan fingerprint density at radius 2 is 1.85 bits per heavy atom. The predicted molar refractivity (Wildman–Crippen MR) is 121 cm³/mol. The molecule has 5 rings (SSSR count). The van der Waals surface area contributed by atoms with Crippen LogP contribution >= 0.6 is 0 Å². The van der Waals surface area contributed by atoms with Gasteiger partial charge < -0.3 is 9.42 Å². The van der Waals surface area contributed by atoms with Crippen molar-refractivity contribution >= 4 is 20.9 Å². The van der Waals surface area contributed by atoms with Gasteiger partial charge in [0.15, 0.2) is 0 Å². The zero-order chi connectivity index (χ0) is 23.2. The maximum absolute atomic E-state index is 14.6. The number of rotatable bonds is 5. The van der Waals surface area contributed by atoms with Crippen LogP contribution in [-0.4, -0.2) is 76.0 Å². The zero-order valence-corrected chi connectivity index (χ0v) is 19.8. The SMILES string of the molecule is CCc1nn(-c2noc(C3CCN(C4CCN(S(C)(=O)=O)CC4)CC3)n2)c2c(F)cccc12. The lowest BCUT2D eigenvalue weighted by molar-refractivity contribution is 0.105. The second-order valence-corrected chi connectivity index (χ2v) is 11.0. The molecule has 0 radical (unpaired) electrons. The van der Waals surface area contributed by atoms with Crippen molar-refractivity contribution in [2.75, 3.05) is 32.4 Å². The van der Waals surface area contributed by atoms with Crippen LogP contribution < -0.4 is 0 Å². The molecule has 33 heavy (non-hydrogen) atoms. The number of hydrogen-bond donors (Lipinski definition) is 0. The molecule has 0 unspecified atom stereocenters. The zero-order valence-electron chi connectivity index (χ0n) is 18.9. The van der Waals surface area contributed by atoms with Gasteiger partial charge in [0.2, 0.25) is 15.9 Å². The molecule has 1 aromatic carbocycles. The fourth-order valence-corrected chi connectivity index (χ4v) is 6.00. The molecule has 3 aromatic rings. The summed E-state index contributed by atoms with van der Waals surface area (Å²) >= 11 is 0. The minimum atomic E-state index is -3.11. The smallest absolute Gasteiger partial charge is 0.291 e. The van der Waals surface area contributed by atoms with Gasteiger partial charge in [0, 0.05) is 30.4 Å². The van der Waals surface area contributed by atoms with E-state index in [0.29, 0.717) is 37.0 Å². The molecule has 4 heterocycles. The third-order valence-corrected chi connectivity index (χ3v) is 8.28. The first kappa shape index (κ1) is 22.4. The minimum Gasteiger partial charge on any atom is -0.337 e. The van der Waals surface area contributed by atoms with Crippen LogP contribution in [0.15, 0.2) is 22.7 Å². The van der Waals surface area contributed by atoms with Gasteiger partial charge >= 0.3 is 0 Å². The molecule has 0 amide bonds. The number of sulfonamides is 1. The van der Waals surface area contributed by atoms with Gasteiger partial charge in [-0.05, 0) is 56.4 Å². The number of benzene rings is 1. The number of halogens is 1. The Kier molecular flexibility index (Phi) is 5.96. The van der Waals surface area contributed by atoms with Crippen LogP contribution in [0, 0.1) is 5.82 Å². The second-order valence-electron chi connectivity index (χ2n) is 8.98. The molecule has 0 N–H and O–H groups in total. The summed E-state index contributed by atoms with van der Waals surface area (Å²) < 4.78 is 46.7. The predicted octanol–water partition coefficient (Wildman–Crippen LogP) is 2.71. The Balaban J connectivity index is 1.26. The normalized spacial score (nSPS) is 20.1. The average molecular weight is 477 g/mol. The van der Waals surface area contributed by atoms with E-state index < -0.39 is 10.0 Å². The van der Waals surface area contributed by atoms with Gasteiger partial charge in [-0.1, -0.05) is 19.1 Å². The average Bonchev–Trinajstić information content (AvgIpc) is 3.44. The van der Waals surface area contributed by atoms with Gasteiger partial charge in [0.25, 0.3) is 5.95 Å². The molecular weight excluding hydrogens is 447 g/mol. The first-order valence-electron chi connectivity index (χ1n) is 11.5. The molecular formula is C22H29FN6O3S. The van der Waals surface area contributed by atoms with E-state index in [9.17, 15) is 12.8 Å². The molecule has 0 spiro atoms. The summed E-state index contributed by atoms with van der Waals surface area (Å²) in [7, 11) is -3.11. The molecule has 2 aliphatic heterocycles. The monoisotopic (exact) mass is 476 g/mol. The number of aryl methyl sites for hydroxylation is 1. The Morgan fingerprint density at radius 1 is 1.12 bits per heavy atom. The molecule has 0 aliphatic carbocycles. The summed E-state index contributed by atoms with van der Waals surface area (Å²) in [5, 5.41) is 9.41. The van der Waals surface area contributed by atoms with Crippen LogP contribution in [0.3, 0.4) is 0 Å². The summed E-state index contributed by atoms with van der Waals surface area (Å²) in [6.45, 7) is 4.98. The van der Waals surface area contributed by atoms with E-state index >= 15 is 0 Å². The van der Waals surface area contributed by atoms with Gasteiger partial charge in [-0.3, -0.25) is 0 Å². The lowest BCUT2D eigenvalue weighted by Crippen LogP contribution is -2.48. The van der Waals surface area contributed by atoms with Crippen LogP contribution in [0.5, 0.6) is 0 Å². The summed E-state index contributed by atoms with van der Waals surface area (Å²) in [4.78, 5) is 7.04. The molecule has 0 atom stereocenters. The largest absolute Gasteiger partial charge is 0.337 e. The van der Waals surface area contributed by atoms with E-state index in [2.05, 4.69) is 20.1 Å². The molecule has 2 aromatic heterocycles. The fraction of sp³-hybridized carbons (Fsp3) is 0.591. The van der Waals surface area contributed by atoms with Gasteiger partial charge in [-0.25, -0.2) is 17.1 Å². The maximum atomic E-state index is 14.6. The first-order chi connectivity index (χ1) is 15.8. The maximum Gasteiger partial charge on any atom is 0.291 e. The van der Waals surface area contributed by atoms with Crippen molar-refractivity contribution in [3.05, 3.63) is 35.6 Å². The quantitative estimate of drug-likeness (QED) is 0.558. The van der Waals surface area contributed by atoms with Crippen LogP contribution in [0.25, 0.3) is 16.9 Å². The van der Waals surface area contributed by atoms with Crippen molar-refractivity contribution in [2.45, 2.75) is 51.0 Å². The summed E-state index contributed by atoms with van der Waals surface area (Å²) in [5.41, 5.74) is 1.17. The topological polar surface area (TPSA) is 97.4 Å². The summed E-state index contributed by atoms with van der Waals surface area (Å²) in [5.74, 6) is 0.613. The van der Waals surface area contributed by atoms with Crippen molar-refractivity contribution < 1.29 is 17.3 Å². The number of likely N-dealkylation sites (tertiary alicyclic amines) is 1. The Hall–Kier alpha value is -2.37. The number of piperidine rings is 2. The lowest BCUT2D eigenvalue weighted by atomic mass is 9.93. The Bertz CT molecular complexity index is 1240. The number of para-hydroxylation sites is 1. The van der Waals surface area contributed by atoms with Gasteiger partial charge in [-0.15, -0.1) is 0 Å². The highest BCUT2D eigenvalue weighted by atomic mass is 32.2. The number of fused-ring (bicyclic) bond motifs is 1. The molecule has 2 aliphatic rings. The molecule has 0 saturated carbocycles. The number of aromatic nitrogens is 4. The molecule has 9 nitrogen and oxygen atoms in total. The van der Waals surface area contributed by atoms with E-state index in [4.69, 9.17) is 4.52 Å². The number of hydrogen-bond acceptors (Lipinski definition) is 7. The molecule has 11 heteroatoms. The van der Waals surface area contributed by atoms with E-state index in [1.165, 1.54) is 17.0 Å². The summed E-state index contributed by atoms with van der Waals surface area (Å²) in [6.07, 6.45) is 5.46. The van der Waals surface area contributed by atoms with E-state index in [0.717, 1.165) is 49.9 Å².